The summed E-state index contributed by atoms with van der Waals surface area (Å²) >= 11 is 2.67. The Morgan fingerprint density at radius 1 is 1.42 bits per heavy atom. The van der Waals surface area contributed by atoms with Gasteiger partial charge in [0.25, 0.3) is 12.4 Å². The molecule has 2 heterocycles. The van der Waals surface area contributed by atoms with Crippen molar-refractivity contribution in [3.05, 3.63) is 46.2 Å². The number of nitrogens with one attached hydrogen (secondary N) is 2. The van der Waals surface area contributed by atoms with E-state index < -0.39 is 5.91 Å². The standard InChI is InChI=1S/C13H10N4O2S2.CH2O2/c1-20-13-16-12(17-21-13)15-11(19)8-6-10(18)14-9-5-3-2-4-7(8)9;2-1-3/h2-6H,1H3,(H,14,18)(H,15,17,19);1H,(H,2,3). The molecule has 0 aliphatic rings. The third-order valence-corrected chi connectivity index (χ3v) is 4.48. The van der Waals surface area contributed by atoms with Crippen molar-refractivity contribution in [2.24, 2.45) is 0 Å². The minimum Gasteiger partial charge on any atom is -0.483 e. The minimum atomic E-state index is -0.400. The van der Waals surface area contributed by atoms with Crippen molar-refractivity contribution in [2.45, 2.75) is 4.34 Å². The number of thioether (sulfide) groups is 1. The molecule has 0 saturated carbocycles. The quantitative estimate of drug-likeness (QED) is 0.480. The Morgan fingerprint density at radius 3 is 2.79 bits per heavy atom. The van der Waals surface area contributed by atoms with Crippen LogP contribution in [0.15, 0.2) is 39.5 Å². The van der Waals surface area contributed by atoms with Crippen LogP contribution in [-0.2, 0) is 4.79 Å². The Balaban J connectivity index is 0.000000647. The lowest BCUT2D eigenvalue weighted by molar-refractivity contribution is -0.122. The predicted molar refractivity (Wildman–Crippen MR) is 92.9 cm³/mol. The van der Waals surface area contributed by atoms with Gasteiger partial charge in [-0.15, -0.1) is 0 Å². The average molecular weight is 364 g/mol. The van der Waals surface area contributed by atoms with Gasteiger partial charge in [-0.3, -0.25) is 19.7 Å². The van der Waals surface area contributed by atoms with Crippen LogP contribution in [0.2, 0.25) is 0 Å². The number of aromatic nitrogens is 3. The fourth-order valence-corrected chi connectivity index (χ4v) is 2.87. The first-order valence-electron chi connectivity index (χ1n) is 6.48. The van der Waals surface area contributed by atoms with E-state index in [1.165, 1.54) is 29.4 Å². The zero-order valence-corrected chi connectivity index (χ0v) is 14.0. The molecule has 24 heavy (non-hydrogen) atoms. The van der Waals surface area contributed by atoms with Crippen LogP contribution in [0, 0.1) is 0 Å². The van der Waals surface area contributed by atoms with Crippen molar-refractivity contribution >= 4 is 52.5 Å². The molecule has 0 atom stereocenters. The zero-order chi connectivity index (χ0) is 17.5. The largest absolute Gasteiger partial charge is 0.483 e. The summed E-state index contributed by atoms with van der Waals surface area (Å²) in [7, 11) is 0. The van der Waals surface area contributed by atoms with E-state index in [-0.39, 0.29) is 18.0 Å². The molecule has 0 bridgehead atoms. The van der Waals surface area contributed by atoms with Gasteiger partial charge in [0.05, 0.1) is 5.56 Å². The van der Waals surface area contributed by atoms with E-state index in [0.717, 1.165) is 4.34 Å². The number of para-hydroxylation sites is 1. The number of hydrogen-bond donors (Lipinski definition) is 3. The van der Waals surface area contributed by atoms with Crippen LogP contribution in [0.3, 0.4) is 0 Å². The maximum atomic E-state index is 12.3. The van der Waals surface area contributed by atoms with E-state index in [9.17, 15) is 9.59 Å². The molecule has 0 aliphatic heterocycles. The summed E-state index contributed by atoms with van der Waals surface area (Å²) in [6, 6.07) is 8.42. The molecule has 0 unspecified atom stereocenters. The van der Waals surface area contributed by atoms with E-state index in [1.807, 2.05) is 12.3 Å². The van der Waals surface area contributed by atoms with Crippen molar-refractivity contribution < 1.29 is 14.7 Å². The summed E-state index contributed by atoms with van der Waals surface area (Å²) in [5.74, 6) is -0.151. The van der Waals surface area contributed by atoms with E-state index in [0.29, 0.717) is 16.5 Å². The molecule has 0 saturated heterocycles. The van der Waals surface area contributed by atoms with Gasteiger partial charge in [0.1, 0.15) is 0 Å². The van der Waals surface area contributed by atoms with Gasteiger partial charge in [-0.2, -0.15) is 9.36 Å². The van der Waals surface area contributed by atoms with Crippen LogP contribution in [0.25, 0.3) is 10.9 Å². The van der Waals surface area contributed by atoms with Crippen LogP contribution in [0.1, 0.15) is 10.4 Å². The molecule has 2 aromatic heterocycles. The summed E-state index contributed by atoms with van der Waals surface area (Å²) in [4.78, 5) is 39.2. The van der Waals surface area contributed by atoms with E-state index >= 15 is 0 Å². The Bertz CT molecular complexity index is 922. The molecule has 124 valence electrons. The fraction of sp³-hybridized carbons (Fsp3) is 0.0714. The smallest absolute Gasteiger partial charge is 0.290 e. The second-order valence-corrected chi connectivity index (χ2v) is 6.05. The normalized spacial score (nSPS) is 9.88. The van der Waals surface area contributed by atoms with Gasteiger partial charge in [0, 0.05) is 17.0 Å². The number of benzene rings is 1. The maximum Gasteiger partial charge on any atom is 0.290 e. The number of aromatic amines is 1. The van der Waals surface area contributed by atoms with Gasteiger partial charge >= 0.3 is 0 Å². The van der Waals surface area contributed by atoms with Gasteiger partial charge in [-0.1, -0.05) is 30.0 Å². The van der Waals surface area contributed by atoms with Crippen LogP contribution >= 0.6 is 23.3 Å². The second kappa shape index (κ2) is 8.22. The number of carboxylic acid groups (broad SMARTS) is 1. The van der Waals surface area contributed by atoms with Gasteiger partial charge in [-0.05, 0) is 23.9 Å². The Morgan fingerprint density at radius 2 is 2.12 bits per heavy atom. The predicted octanol–water partition coefficient (Wildman–Crippen LogP) is 2.05. The lowest BCUT2D eigenvalue weighted by Crippen LogP contribution is -2.17. The Labute approximate surface area is 144 Å². The topological polar surface area (TPSA) is 125 Å². The highest BCUT2D eigenvalue weighted by atomic mass is 32.2. The van der Waals surface area contributed by atoms with Crippen molar-refractivity contribution in [3.8, 4) is 0 Å². The third kappa shape index (κ3) is 4.18. The first kappa shape index (κ1) is 17.6. The summed E-state index contributed by atoms with van der Waals surface area (Å²) in [5, 5.41) is 10.2. The van der Waals surface area contributed by atoms with Crippen molar-refractivity contribution in [3.63, 3.8) is 0 Å². The van der Waals surface area contributed by atoms with Crippen molar-refractivity contribution in [1.29, 1.82) is 0 Å². The number of rotatable bonds is 3. The maximum absolute atomic E-state index is 12.3. The molecule has 1 aromatic carbocycles. The van der Waals surface area contributed by atoms with Gasteiger partial charge in [-0.25, -0.2) is 0 Å². The molecular weight excluding hydrogens is 352 g/mol. The van der Waals surface area contributed by atoms with E-state index in [1.54, 1.807) is 18.2 Å². The fourth-order valence-electron chi connectivity index (χ4n) is 1.90. The molecule has 0 spiro atoms. The highest BCUT2D eigenvalue weighted by molar-refractivity contribution is 8.00. The Kier molecular flexibility index (Phi) is 6.04. The first-order chi connectivity index (χ1) is 11.6. The molecule has 1 amide bonds. The highest BCUT2D eigenvalue weighted by Gasteiger charge is 2.14. The molecule has 0 aliphatic carbocycles. The minimum absolute atomic E-state index is 0.249. The van der Waals surface area contributed by atoms with Crippen LogP contribution in [0.5, 0.6) is 0 Å². The lowest BCUT2D eigenvalue weighted by atomic mass is 10.1. The molecular formula is C14H12N4O4S2. The zero-order valence-electron chi connectivity index (χ0n) is 12.3. The molecule has 3 N–H and O–H groups in total. The van der Waals surface area contributed by atoms with E-state index in [2.05, 4.69) is 19.7 Å². The molecule has 0 fully saturated rings. The molecule has 3 rings (SSSR count). The number of anilines is 1. The summed E-state index contributed by atoms with van der Waals surface area (Å²) in [6.07, 6.45) is 1.89. The number of carbonyl (C=O) groups excluding carboxylic acids is 1. The number of pyridine rings is 1. The van der Waals surface area contributed by atoms with Crippen molar-refractivity contribution in [1.82, 2.24) is 14.3 Å². The number of H-pyrrole nitrogens is 1. The van der Waals surface area contributed by atoms with Gasteiger partial charge in [0.15, 0.2) is 4.34 Å². The van der Waals surface area contributed by atoms with Gasteiger partial charge in [0.2, 0.25) is 11.5 Å². The van der Waals surface area contributed by atoms with Crippen LogP contribution < -0.4 is 10.9 Å². The third-order valence-electron chi connectivity index (χ3n) is 2.80. The number of carbonyl (C=O) groups is 2. The molecule has 0 radical (unpaired) electrons. The molecule has 10 heteroatoms. The molecule has 8 nitrogen and oxygen atoms in total. The van der Waals surface area contributed by atoms with Crippen LogP contribution in [-0.4, -0.2) is 38.1 Å². The SMILES string of the molecule is CSc1nc(NC(=O)c2cc(=O)[nH]c3ccccc23)ns1.O=CO. The monoisotopic (exact) mass is 364 g/mol. The summed E-state index contributed by atoms with van der Waals surface area (Å²) in [6.45, 7) is -0.250. The summed E-state index contributed by atoms with van der Waals surface area (Å²) in [5.41, 5.74) is 0.593. The number of nitrogens with zero attached hydrogens (tertiary/aromatic N) is 2. The summed E-state index contributed by atoms with van der Waals surface area (Å²) < 4.78 is 4.81. The van der Waals surface area contributed by atoms with Crippen molar-refractivity contribution in [2.75, 3.05) is 11.6 Å². The lowest BCUT2D eigenvalue weighted by Gasteiger charge is -2.05. The highest BCUT2D eigenvalue weighted by Crippen LogP contribution is 2.20. The number of fused-ring (bicyclic) bond motifs is 1. The van der Waals surface area contributed by atoms with Crippen LogP contribution in [0.4, 0.5) is 5.95 Å². The first-order valence-corrected chi connectivity index (χ1v) is 8.47. The van der Waals surface area contributed by atoms with Gasteiger partial charge < -0.3 is 10.1 Å². The Hall–Kier alpha value is -2.72. The number of hydrogen-bond acceptors (Lipinski definition) is 7. The average Bonchev–Trinajstić information content (AvgIpc) is 3.02. The van der Waals surface area contributed by atoms with E-state index in [4.69, 9.17) is 9.90 Å². The number of amides is 1. The second-order valence-electron chi connectivity index (χ2n) is 4.24. The molecule has 3 aromatic rings.